The van der Waals surface area contributed by atoms with Crippen LogP contribution < -0.4 is 0 Å². The van der Waals surface area contributed by atoms with Crippen LogP contribution in [-0.2, 0) is 0 Å². The van der Waals surface area contributed by atoms with Gasteiger partial charge >= 0.3 is 0 Å². The first-order valence-electron chi connectivity index (χ1n) is 7.33. The molecule has 5 aromatic rings. The number of fused-ring (bicyclic) bond motifs is 8. The van der Waals surface area contributed by atoms with Gasteiger partial charge in [-0.05, 0) is 28.3 Å². The summed E-state index contributed by atoms with van der Waals surface area (Å²) in [6.07, 6.45) is 0. The van der Waals surface area contributed by atoms with Gasteiger partial charge in [-0.2, -0.15) is 0 Å². The molecule has 5 rings (SSSR count). The van der Waals surface area contributed by atoms with Crippen LogP contribution in [0.5, 0.6) is 0 Å². The van der Waals surface area contributed by atoms with E-state index in [1.165, 1.54) is 43.4 Å². The van der Waals surface area contributed by atoms with E-state index in [1.807, 2.05) is 0 Å². The summed E-state index contributed by atoms with van der Waals surface area (Å²) in [5.74, 6) is 0. The number of halogens is 1. The van der Waals surface area contributed by atoms with Gasteiger partial charge in [0.2, 0.25) is 0 Å². The number of hydrogen-bond donors (Lipinski definition) is 1. The van der Waals surface area contributed by atoms with E-state index in [4.69, 9.17) is 0 Å². The van der Waals surface area contributed by atoms with E-state index in [0.29, 0.717) is 0 Å². The lowest BCUT2D eigenvalue weighted by Crippen LogP contribution is -1.80. The summed E-state index contributed by atoms with van der Waals surface area (Å²) in [7, 11) is 0. The molecule has 4 aromatic carbocycles. The number of hydrogen-bond acceptors (Lipinski definition) is 0. The highest BCUT2D eigenvalue weighted by atomic mass is 79.9. The highest BCUT2D eigenvalue weighted by Gasteiger charge is 2.12. The summed E-state index contributed by atoms with van der Waals surface area (Å²) >= 11 is 3.57. The van der Waals surface area contributed by atoms with Gasteiger partial charge in [-0.3, -0.25) is 0 Å². The molecule has 0 unspecified atom stereocenters. The largest absolute Gasteiger partial charge is 0.354 e. The van der Waals surface area contributed by atoms with Crippen LogP contribution in [0.15, 0.2) is 71.2 Å². The van der Waals surface area contributed by atoms with Crippen molar-refractivity contribution in [3.8, 4) is 0 Å². The van der Waals surface area contributed by atoms with Crippen LogP contribution >= 0.6 is 15.9 Å². The van der Waals surface area contributed by atoms with Crippen molar-refractivity contribution in [2.75, 3.05) is 0 Å². The average molecular weight is 346 g/mol. The van der Waals surface area contributed by atoms with Crippen molar-refractivity contribution in [1.29, 1.82) is 0 Å². The molecule has 1 N–H and O–H groups in total. The zero-order valence-electron chi connectivity index (χ0n) is 11.7. The van der Waals surface area contributed by atoms with E-state index in [2.05, 4.69) is 87.6 Å². The summed E-state index contributed by atoms with van der Waals surface area (Å²) in [4.78, 5) is 3.62. The summed E-state index contributed by atoms with van der Waals surface area (Å²) in [5.41, 5.74) is 2.40. The second-order valence-electron chi connectivity index (χ2n) is 5.66. The van der Waals surface area contributed by atoms with Crippen LogP contribution in [0.2, 0.25) is 0 Å². The van der Waals surface area contributed by atoms with Crippen LogP contribution in [0.3, 0.4) is 0 Å². The summed E-state index contributed by atoms with van der Waals surface area (Å²) in [6.45, 7) is 0. The van der Waals surface area contributed by atoms with Crippen LogP contribution in [0.4, 0.5) is 0 Å². The lowest BCUT2D eigenvalue weighted by molar-refractivity contribution is 1.55. The van der Waals surface area contributed by atoms with Gasteiger partial charge in [-0.1, -0.05) is 70.5 Å². The van der Waals surface area contributed by atoms with Crippen molar-refractivity contribution in [2.24, 2.45) is 0 Å². The van der Waals surface area contributed by atoms with Crippen molar-refractivity contribution in [2.45, 2.75) is 0 Å². The first kappa shape index (κ1) is 12.2. The van der Waals surface area contributed by atoms with Gasteiger partial charge in [0.05, 0.1) is 5.52 Å². The Labute approximate surface area is 135 Å². The molecular weight excluding hydrogens is 334 g/mol. The van der Waals surface area contributed by atoms with Crippen molar-refractivity contribution < 1.29 is 0 Å². The molecule has 22 heavy (non-hydrogen) atoms. The Morgan fingerprint density at radius 3 is 2.05 bits per heavy atom. The fraction of sp³-hybridized carbons (Fsp3) is 0. The highest BCUT2D eigenvalue weighted by molar-refractivity contribution is 9.10. The minimum atomic E-state index is 1.10. The Bertz CT molecular complexity index is 1180. The third kappa shape index (κ3) is 1.53. The monoisotopic (exact) mass is 345 g/mol. The molecule has 0 fully saturated rings. The zero-order chi connectivity index (χ0) is 14.7. The molecule has 0 radical (unpaired) electrons. The molecule has 0 aliphatic heterocycles. The molecule has 0 aliphatic carbocycles. The summed E-state index contributed by atoms with van der Waals surface area (Å²) < 4.78 is 1.10. The smallest absolute Gasteiger partial charge is 0.0551 e. The van der Waals surface area contributed by atoms with Crippen LogP contribution in [0, 0.1) is 0 Å². The Hall–Kier alpha value is -2.32. The van der Waals surface area contributed by atoms with Gasteiger partial charge < -0.3 is 4.98 Å². The van der Waals surface area contributed by atoms with E-state index in [0.717, 1.165) is 4.47 Å². The van der Waals surface area contributed by atoms with Gasteiger partial charge in [0.25, 0.3) is 0 Å². The van der Waals surface area contributed by atoms with Crippen LogP contribution in [-0.4, -0.2) is 4.98 Å². The molecule has 0 saturated carbocycles. The van der Waals surface area contributed by atoms with E-state index < -0.39 is 0 Å². The predicted molar refractivity (Wildman–Crippen MR) is 98.5 cm³/mol. The van der Waals surface area contributed by atoms with E-state index in [9.17, 15) is 0 Å². The van der Waals surface area contributed by atoms with E-state index in [1.54, 1.807) is 0 Å². The number of nitrogens with one attached hydrogen (secondary N) is 1. The third-order valence-corrected chi connectivity index (χ3v) is 4.94. The fourth-order valence-corrected chi connectivity index (χ4v) is 3.88. The number of benzene rings is 4. The molecule has 0 aliphatic rings. The topological polar surface area (TPSA) is 15.8 Å². The minimum Gasteiger partial charge on any atom is -0.354 e. The molecule has 0 spiro atoms. The van der Waals surface area contributed by atoms with Crippen molar-refractivity contribution in [3.05, 3.63) is 71.2 Å². The van der Waals surface area contributed by atoms with Gasteiger partial charge in [0.1, 0.15) is 0 Å². The molecule has 0 amide bonds. The summed E-state index contributed by atoms with van der Waals surface area (Å²) in [6, 6.07) is 23.8. The average Bonchev–Trinajstić information content (AvgIpc) is 2.94. The molecule has 0 bridgehead atoms. The number of rotatable bonds is 0. The second kappa shape index (κ2) is 4.34. The third-order valence-electron chi connectivity index (χ3n) is 4.44. The van der Waals surface area contributed by atoms with Gasteiger partial charge in [-0.15, -0.1) is 0 Å². The van der Waals surface area contributed by atoms with Crippen molar-refractivity contribution in [1.82, 2.24) is 4.98 Å². The van der Waals surface area contributed by atoms with Crippen LogP contribution in [0.25, 0.3) is 43.4 Å². The molecule has 104 valence electrons. The maximum atomic E-state index is 3.62. The van der Waals surface area contributed by atoms with Crippen LogP contribution in [0.1, 0.15) is 0 Å². The standard InChI is InChI=1S/C20H12BrN/c21-12-9-10-17-18(11-12)22-20-16-8-4-2-6-14(16)13-5-1-3-7-15(13)19(17)20/h1-11,22H. The highest BCUT2D eigenvalue weighted by Crippen LogP contribution is 2.39. The molecule has 1 aromatic heterocycles. The lowest BCUT2D eigenvalue weighted by atomic mass is 9.97. The molecule has 2 heteroatoms. The molecular formula is C20H12BrN. The zero-order valence-corrected chi connectivity index (χ0v) is 13.3. The van der Waals surface area contributed by atoms with Crippen molar-refractivity contribution >= 4 is 59.3 Å². The first-order valence-corrected chi connectivity index (χ1v) is 8.12. The normalized spacial score (nSPS) is 11.9. The number of aromatic amines is 1. The Kier molecular flexibility index (Phi) is 2.42. The predicted octanol–water partition coefficient (Wildman–Crippen LogP) is 6.39. The Morgan fingerprint density at radius 2 is 1.27 bits per heavy atom. The molecule has 0 atom stereocenters. The number of H-pyrrole nitrogens is 1. The van der Waals surface area contributed by atoms with Gasteiger partial charge in [0.15, 0.2) is 0 Å². The number of aromatic nitrogens is 1. The quantitative estimate of drug-likeness (QED) is 0.313. The lowest BCUT2D eigenvalue weighted by Gasteiger charge is -2.06. The molecule has 1 heterocycles. The Balaban J connectivity index is 2.21. The minimum absolute atomic E-state index is 1.10. The SMILES string of the molecule is Brc1ccc2c(c1)[nH]c1c3ccccc3c3ccccc3c21. The fourth-order valence-electron chi connectivity index (χ4n) is 3.52. The van der Waals surface area contributed by atoms with E-state index >= 15 is 0 Å². The van der Waals surface area contributed by atoms with Gasteiger partial charge in [0, 0.05) is 26.1 Å². The first-order chi connectivity index (χ1) is 10.8. The summed E-state index contributed by atoms with van der Waals surface area (Å²) in [5, 5.41) is 7.80. The maximum Gasteiger partial charge on any atom is 0.0551 e. The molecule has 0 saturated heterocycles. The van der Waals surface area contributed by atoms with E-state index in [-0.39, 0.29) is 0 Å². The molecule has 1 nitrogen and oxygen atoms in total. The Morgan fingerprint density at radius 1 is 0.636 bits per heavy atom. The maximum absolute atomic E-state index is 3.62. The van der Waals surface area contributed by atoms with Gasteiger partial charge in [-0.25, -0.2) is 0 Å². The second-order valence-corrected chi connectivity index (χ2v) is 6.57. The van der Waals surface area contributed by atoms with Crippen molar-refractivity contribution in [3.63, 3.8) is 0 Å².